The molecule has 0 aliphatic rings. The molecule has 0 unspecified atom stereocenters. The number of amides is 2. The first-order valence-electron chi connectivity index (χ1n) is 6.95. The number of rotatable bonds is 4. The Labute approximate surface area is 134 Å². The van der Waals surface area contributed by atoms with E-state index in [4.69, 9.17) is 15.2 Å². The third-order valence-electron chi connectivity index (χ3n) is 3.15. The Hall–Kier alpha value is -3.02. The van der Waals surface area contributed by atoms with Gasteiger partial charge in [0.2, 0.25) is 0 Å². The predicted molar refractivity (Wildman–Crippen MR) is 84.5 cm³/mol. The van der Waals surface area contributed by atoms with Gasteiger partial charge >= 0.3 is 18.0 Å². The number of carbonyl (C=O) groups is 2. The summed E-state index contributed by atoms with van der Waals surface area (Å²) in [7, 11) is 3.07. The number of primary amides is 1. The quantitative estimate of drug-likeness (QED) is 0.880. The maximum absolute atomic E-state index is 12.2. The van der Waals surface area contributed by atoms with E-state index in [1.165, 1.54) is 19.0 Å². The summed E-state index contributed by atoms with van der Waals surface area (Å²) < 4.78 is 10.8. The summed E-state index contributed by atoms with van der Waals surface area (Å²) in [5.74, 6) is -1.75. The summed E-state index contributed by atoms with van der Waals surface area (Å²) in [6, 6.07) is 17.4. The van der Waals surface area contributed by atoms with E-state index in [0.29, 0.717) is 11.1 Å². The van der Waals surface area contributed by atoms with Crippen LogP contribution in [-0.2, 0) is 15.3 Å². The van der Waals surface area contributed by atoms with Gasteiger partial charge in [0.1, 0.15) is 0 Å². The molecule has 0 aliphatic heterocycles. The summed E-state index contributed by atoms with van der Waals surface area (Å²) in [4.78, 5) is 24.9. The lowest BCUT2D eigenvalue weighted by molar-refractivity contribution is -0.142. The SMILES string of the molecule is CN(C)C(=O)OC(OC(N)=O)(c1ccccc1)c1ccccc1. The number of nitrogens with two attached hydrogens (primary N) is 1. The van der Waals surface area contributed by atoms with Crippen molar-refractivity contribution in [1.82, 2.24) is 4.90 Å². The Morgan fingerprint density at radius 2 is 1.30 bits per heavy atom. The molecular weight excluding hydrogens is 296 g/mol. The molecule has 2 aromatic rings. The van der Waals surface area contributed by atoms with Crippen LogP contribution in [0.4, 0.5) is 9.59 Å². The minimum Gasteiger partial charge on any atom is -0.397 e. The highest BCUT2D eigenvalue weighted by molar-refractivity contribution is 5.70. The Balaban J connectivity index is 2.63. The van der Waals surface area contributed by atoms with Crippen molar-refractivity contribution in [3.05, 3.63) is 71.8 Å². The fraction of sp³-hybridized carbons (Fsp3) is 0.176. The van der Waals surface area contributed by atoms with Crippen LogP contribution in [0.15, 0.2) is 60.7 Å². The van der Waals surface area contributed by atoms with Gasteiger partial charge in [-0.1, -0.05) is 60.7 Å². The van der Waals surface area contributed by atoms with E-state index >= 15 is 0 Å². The summed E-state index contributed by atoms with van der Waals surface area (Å²) >= 11 is 0. The molecule has 0 atom stereocenters. The lowest BCUT2D eigenvalue weighted by Gasteiger charge is -2.33. The molecule has 0 heterocycles. The number of hydrogen-bond donors (Lipinski definition) is 1. The fourth-order valence-corrected chi connectivity index (χ4v) is 2.09. The van der Waals surface area contributed by atoms with E-state index in [2.05, 4.69) is 0 Å². The van der Waals surface area contributed by atoms with E-state index in [9.17, 15) is 9.59 Å². The van der Waals surface area contributed by atoms with Gasteiger partial charge in [0.25, 0.3) is 0 Å². The zero-order chi connectivity index (χ0) is 16.9. The first kappa shape index (κ1) is 16.4. The van der Waals surface area contributed by atoms with Crippen molar-refractivity contribution in [3.8, 4) is 0 Å². The summed E-state index contributed by atoms with van der Waals surface area (Å²) in [5, 5.41) is 0. The molecule has 6 heteroatoms. The third kappa shape index (κ3) is 3.60. The number of ether oxygens (including phenoxy) is 2. The second-order valence-electron chi connectivity index (χ2n) is 5.03. The lowest BCUT2D eigenvalue weighted by atomic mass is 9.97. The zero-order valence-corrected chi connectivity index (χ0v) is 12.9. The standard InChI is InChI=1S/C17H18N2O4/c1-19(2)16(21)23-17(22-15(18)20,13-9-5-3-6-10-13)14-11-7-4-8-12-14/h3-12H,1-2H3,(H2,18,20). The van der Waals surface area contributed by atoms with Gasteiger partial charge in [-0.3, -0.25) is 0 Å². The first-order valence-corrected chi connectivity index (χ1v) is 6.95. The highest BCUT2D eigenvalue weighted by atomic mass is 16.7. The second-order valence-corrected chi connectivity index (χ2v) is 5.03. The molecule has 6 nitrogen and oxygen atoms in total. The largest absolute Gasteiger partial charge is 0.413 e. The number of benzene rings is 2. The molecule has 2 amide bonds. The fourth-order valence-electron chi connectivity index (χ4n) is 2.09. The van der Waals surface area contributed by atoms with Gasteiger partial charge in [0.05, 0.1) is 0 Å². The maximum Gasteiger partial charge on any atom is 0.413 e. The van der Waals surface area contributed by atoms with E-state index < -0.39 is 18.0 Å². The molecule has 0 aliphatic carbocycles. The smallest absolute Gasteiger partial charge is 0.397 e. The Kier molecular flexibility index (Phi) is 4.85. The monoisotopic (exact) mass is 314 g/mol. The van der Waals surface area contributed by atoms with Gasteiger partial charge in [-0.2, -0.15) is 0 Å². The predicted octanol–water partition coefficient (Wildman–Crippen LogP) is 2.68. The second kappa shape index (κ2) is 6.83. The normalized spacial score (nSPS) is 10.7. The average Bonchev–Trinajstić information content (AvgIpc) is 2.55. The van der Waals surface area contributed by atoms with Crippen LogP contribution in [-0.4, -0.2) is 31.2 Å². The van der Waals surface area contributed by atoms with Crippen LogP contribution in [0, 0.1) is 0 Å². The van der Waals surface area contributed by atoms with Crippen LogP contribution in [0.5, 0.6) is 0 Å². The molecule has 0 saturated heterocycles. The van der Waals surface area contributed by atoms with E-state index in [1.807, 2.05) is 0 Å². The molecule has 23 heavy (non-hydrogen) atoms. The molecule has 2 rings (SSSR count). The third-order valence-corrected chi connectivity index (χ3v) is 3.15. The minimum atomic E-state index is -1.75. The Morgan fingerprint density at radius 3 is 1.65 bits per heavy atom. The Morgan fingerprint density at radius 1 is 0.870 bits per heavy atom. The van der Waals surface area contributed by atoms with Crippen molar-refractivity contribution in [2.24, 2.45) is 5.73 Å². The van der Waals surface area contributed by atoms with Gasteiger partial charge in [-0.05, 0) is 0 Å². The van der Waals surface area contributed by atoms with Crippen LogP contribution >= 0.6 is 0 Å². The van der Waals surface area contributed by atoms with Gasteiger partial charge in [-0.25, -0.2) is 9.59 Å². The molecule has 0 saturated carbocycles. The summed E-state index contributed by atoms with van der Waals surface area (Å²) in [6.07, 6.45) is -1.72. The minimum absolute atomic E-state index is 0.472. The summed E-state index contributed by atoms with van der Waals surface area (Å²) in [5.41, 5.74) is 6.18. The molecule has 2 aromatic carbocycles. The van der Waals surface area contributed by atoms with Crippen molar-refractivity contribution >= 4 is 12.2 Å². The average molecular weight is 314 g/mol. The van der Waals surface area contributed by atoms with Crippen LogP contribution in [0.2, 0.25) is 0 Å². The summed E-state index contributed by atoms with van der Waals surface area (Å²) in [6.45, 7) is 0. The molecule has 0 radical (unpaired) electrons. The molecule has 0 bridgehead atoms. The number of nitrogens with zero attached hydrogens (tertiary/aromatic N) is 1. The molecule has 0 fully saturated rings. The molecule has 0 spiro atoms. The molecule has 120 valence electrons. The van der Waals surface area contributed by atoms with Crippen LogP contribution in [0.3, 0.4) is 0 Å². The first-order chi connectivity index (χ1) is 11.0. The highest BCUT2D eigenvalue weighted by Crippen LogP contribution is 2.35. The van der Waals surface area contributed by atoms with Gasteiger partial charge in [-0.15, -0.1) is 0 Å². The van der Waals surface area contributed by atoms with Gasteiger partial charge in [0.15, 0.2) is 0 Å². The highest BCUT2D eigenvalue weighted by Gasteiger charge is 2.43. The van der Waals surface area contributed by atoms with E-state index in [0.717, 1.165) is 0 Å². The van der Waals surface area contributed by atoms with Crippen molar-refractivity contribution in [1.29, 1.82) is 0 Å². The van der Waals surface area contributed by atoms with Crippen molar-refractivity contribution in [2.75, 3.05) is 14.1 Å². The van der Waals surface area contributed by atoms with E-state index in [-0.39, 0.29) is 0 Å². The molecular formula is C17H18N2O4. The van der Waals surface area contributed by atoms with Gasteiger partial charge < -0.3 is 20.1 Å². The Bertz CT molecular complexity index is 632. The van der Waals surface area contributed by atoms with Crippen molar-refractivity contribution in [2.45, 2.75) is 5.79 Å². The van der Waals surface area contributed by atoms with E-state index in [1.54, 1.807) is 60.7 Å². The topological polar surface area (TPSA) is 81.9 Å². The van der Waals surface area contributed by atoms with Crippen LogP contribution < -0.4 is 5.73 Å². The molecule has 2 N–H and O–H groups in total. The molecule has 0 aromatic heterocycles. The van der Waals surface area contributed by atoms with Crippen molar-refractivity contribution < 1.29 is 19.1 Å². The van der Waals surface area contributed by atoms with Crippen molar-refractivity contribution in [3.63, 3.8) is 0 Å². The number of hydrogen-bond acceptors (Lipinski definition) is 4. The van der Waals surface area contributed by atoms with Crippen LogP contribution in [0.25, 0.3) is 0 Å². The van der Waals surface area contributed by atoms with Gasteiger partial charge in [0, 0.05) is 25.2 Å². The lowest BCUT2D eigenvalue weighted by Crippen LogP contribution is -2.42. The zero-order valence-electron chi connectivity index (χ0n) is 12.9. The van der Waals surface area contributed by atoms with Crippen LogP contribution in [0.1, 0.15) is 11.1 Å². The number of carbonyl (C=O) groups excluding carboxylic acids is 2. The maximum atomic E-state index is 12.2.